The van der Waals surface area contributed by atoms with E-state index >= 15 is 0 Å². The van der Waals surface area contributed by atoms with E-state index in [4.69, 9.17) is 4.74 Å². The van der Waals surface area contributed by atoms with Crippen LogP contribution in [0.2, 0.25) is 0 Å². The van der Waals surface area contributed by atoms with Gasteiger partial charge < -0.3 is 9.30 Å². The van der Waals surface area contributed by atoms with Crippen molar-refractivity contribution >= 4 is 33.8 Å². The first-order valence-electron chi connectivity index (χ1n) is 6.49. The lowest BCUT2D eigenvalue weighted by Gasteiger charge is -2.26. The zero-order valence-corrected chi connectivity index (χ0v) is 12.8. The molecule has 0 radical (unpaired) electrons. The molecular weight excluding hydrogens is 365 g/mol. The minimum Gasteiger partial charge on any atom is -0.371 e. The third-order valence-electron chi connectivity index (χ3n) is 3.58. The fourth-order valence-corrected chi connectivity index (χ4v) is 3.09. The number of ether oxygens (including phenoxy) is 1. The van der Waals surface area contributed by atoms with Gasteiger partial charge in [0.1, 0.15) is 21.6 Å². The highest BCUT2D eigenvalue weighted by molar-refractivity contribution is 14.1. The summed E-state index contributed by atoms with van der Waals surface area (Å²) in [6.45, 7) is 1.21. The van der Waals surface area contributed by atoms with Gasteiger partial charge >= 0.3 is 0 Å². The van der Waals surface area contributed by atoms with Crippen molar-refractivity contribution in [2.75, 3.05) is 6.61 Å². The molecule has 0 amide bonds. The van der Waals surface area contributed by atoms with Gasteiger partial charge in [-0.05, 0) is 40.3 Å². The van der Waals surface area contributed by atoms with Gasteiger partial charge in [-0.2, -0.15) is 0 Å². The Morgan fingerprint density at radius 2 is 1.95 bits per heavy atom. The van der Waals surface area contributed by atoms with E-state index in [9.17, 15) is 0 Å². The molecule has 0 fully saturated rings. The summed E-state index contributed by atoms with van der Waals surface area (Å²) in [7, 11) is 0. The van der Waals surface area contributed by atoms with Crippen LogP contribution in [-0.4, -0.2) is 21.1 Å². The number of hydrogen-bond donors (Lipinski definition) is 0. The number of hydrogen-bond acceptors (Lipinski definition) is 3. The quantitative estimate of drug-likeness (QED) is 0.483. The van der Waals surface area contributed by atoms with Crippen LogP contribution in [0.15, 0.2) is 42.5 Å². The zero-order chi connectivity index (χ0) is 13.5. The molecule has 4 nitrogen and oxygen atoms in total. The topological polar surface area (TPSA) is 39.9 Å². The van der Waals surface area contributed by atoms with E-state index in [0.29, 0.717) is 13.2 Å². The van der Waals surface area contributed by atoms with Gasteiger partial charge in [-0.15, -0.1) is 0 Å². The molecule has 20 heavy (non-hydrogen) atoms. The van der Waals surface area contributed by atoms with Crippen molar-refractivity contribution in [3.05, 3.63) is 57.6 Å². The standard InChI is InChI=1S/C15H12IN3O/c16-13-7-6-11-15(18-13)19-12(8-20-9-14(19)17-11)10-4-2-1-3-5-10/h1-7,12H,8-9H2. The number of imidazole rings is 1. The summed E-state index contributed by atoms with van der Waals surface area (Å²) in [6, 6.07) is 14.6. The molecule has 2 aromatic heterocycles. The lowest BCUT2D eigenvalue weighted by atomic mass is 10.1. The molecule has 1 aliphatic heterocycles. The van der Waals surface area contributed by atoms with Crippen molar-refractivity contribution in [1.82, 2.24) is 14.5 Å². The van der Waals surface area contributed by atoms with Crippen LogP contribution in [-0.2, 0) is 11.3 Å². The van der Waals surface area contributed by atoms with E-state index in [-0.39, 0.29) is 6.04 Å². The predicted octanol–water partition coefficient (Wildman–Crippen LogP) is 3.16. The van der Waals surface area contributed by atoms with Gasteiger partial charge in [0.05, 0.1) is 12.6 Å². The van der Waals surface area contributed by atoms with Crippen molar-refractivity contribution in [2.24, 2.45) is 0 Å². The van der Waals surface area contributed by atoms with Crippen molar-refractivity contribution in [3.8, 4) is 0 Å². The maximum atomic E-state index is 5.71. The Morgan fingerprint density at radius 3 is 2.80 bits per heavy atom. The third-order valence-corrected chi connectivity index (χ3v) is 4.18. The van der Waals surface area contributed by atoms with Gasteiger partial charge in [-0.25, -0.2) is 9.97 Å². The predicted molar refractivity (Wildman–Crippen MR) is 84.5 cm³/mol. The maximum Gasteiger partial charge on any atom is 0.161 e. The lowest BCUT2D eigenvalue weighted by molar-refractivity contribution is 0.0677. The van der Waals surface area contributed by atoms with Crippen LogP contribution in [0, 0.1) is 3.70 Å². The van der Waals surface area contributed by atoms with Crippen LogP contribution < -0.4 is 0 Å². The van der Waals surface area contributed by atoms with Crippen molar-refractivity contribution < 1.29 is 4.74 Å². The van der Waals surface area contributed by atoms with Gasteiger partial charge in [-0.3, -0.25) is 0 Å². The molecule has 1 aliphatic rings. The Labute approximate surface area is 129 Å². The SMILES string of the molecule is Ic1ccc2nc3n(c2n1)C(c1ccccc1)COC3. The van der Waals surface area contributed by atoms with Crippen molar-refractivity contribution in [3.63, 3.8) is 0 Å². The van der Waals surface area contributed by atoms with Crippen LogP contribution >= 0.6 is 22.6 Å². The molecule has 1 aromatic carbocycles. The molecule has 0 bridgehead atoms. The summed E-state index contributed by atoms with van der Waals surface area (Å²) in [6.07, 6.45) is 0. The molecular formula is C15H12IN3O. The molecule has 3 heterocycles. The Hall–Kier alpha value is -1.47. The highest BCUT2D eigenvalue weighted by Crippen LogP contribution is 2.29. The largest absolute Gasteiger partial charge is 0.371 e. The first-order chi connectivity index (χ1) is 9.83. The Kier molecular flexibility index (Phi) is 2.96. The number of benzene rings is 1. The first-order valence-corrected chi connectivity index (χ1v) is 7.57. The number of fused-ring (bicyclic) bond motifs is 3. The van der Waals surface area contributed by atoms with Crippen LogP contribution in [0.1, 0.15) is 17.4 Å². The highest BCUT2D eigenvalue weighted by Gasteiger charge is 2.25. The number of aromatic nitrogens is 3. The van der Waals surface area contributed by atoms with Crippen LogP contribution in [0.5, 0.6) is 0 Å². The van der Waals surface area contributed by atoms with Gasteiger partial charge in [-0.1, -0.05) is 30.3 Å². The summed E-state index contributed by atoms with van der Waals surface area (Å²) in [5.41, 5.74) is 3.12. The third kappa shape index (κ3) is 1.92. The average molecular weight is 377 g/mol. The second-order valence-corrected chi connectivity index (χ2v) is 5.92. The van der Waals surface area contributed by atoms with Gasteiger partial charge in [0, 0.05) is 0 Å². The fourth-order valence-electron chi connectivity index (χ4n) is 2.68. The molecule has 100 valence electrons. The second-order valence-electron chi connectivity index (χ2n) is 4.82. The molecule has 0 N–H and O–H groups in total. The highest BCUT2D eigenvalue weighted by atomic mass is 127. The molecule has 1 atom stereocenters. The van der Waals surface area contributed by atoms with Crippen molar-refractivity contribution in [2.45, 2.75) is 12.6 Å². The minimum atomic E-state index is 0.149. The number of nitrogens with zero attached hydrogens (tertiary/aromatic N) is 3. The monoisotopic (exact) mass is 377 g/mol. The van der Waals surface area contributed by atoms with Crippen LogP contribution in [0.3, 0.4) is 0 Å². The van der Waals surface area contributed by atoms with E-state index in [0.717, 1.165) is 20.7 Å². The lowest BCUT2D eigenvalue weighted by Crippen LogP contribution is -2.25. The molecule has 0 saturated heterocycles. The first kappa shape index (κ1) is 12.3. The summed E-state index contributed by atoms with van der Waals surface area (Å²) >= 11 is 2.24. The Balaban J connectivity index is 1.95. The fraction of sp³-hybridized carbons (Fsp3) is 0.200. The number of pyridine rings is 1. The van der Waals surface area contributed by atoms with Crippen molar-refractivity contribution in [1.29, 1.82) is 0 Å². The van der Waals surface area contributed by atoms with E-state index in [1.54, 1.807) is 0 Å². The summed E-state index contributed by atoms with van der Waals surface area (Å²) in [5, 5.41) is 0. The van der Waals surface area contributed by atoms with E-state index in [1.165, 1.54) is 5.56 Å². The maximum absolute atomic E-state index is 5.71. The molecule has 0 spiro atoms. The number of rotatable bonds is 1. The van der Waals surface area contributed by atoms with Gasteiger partial charge in [0.15, 0.2) is 5.65 Å². The summed E-state index contributed by atoms with van der Waals surface area (Å²) < 4.78 is 8.91. The summed E-state index contributed by atoms with van der Waals surface area (Å²) in [5.74, 6) is 0.953. The van der Waals surface area contributed by atoms with Crippen LogP contribution in [0.4, 0.5) is 0 Å². The molecule has 3 aromatic rings. The molecule has 4 rings (SSSR count). The molecule has 1 unspecified atom stereocenters. The minimum absolute atomic E-state index is 0.149. The van der Waals surface area contributed by atoms with E-state index in [1.807, 2.05) is 18.2 Å². The van der Waals surface area contributed by atoms with Gasteiger partial charge in [0.2, 0.25) is 0 Å². The molecule has 0 saturated carbocycles. The average Bonchev–Trinajstić information content (AvgIpc) is 2.86. The van der Waals surface area contributed by atoms with Gasteiger partial charge in [0.25, 0.3) is 0 Å². The number of halogens is 1. The zero-order valence-electron chi connectivity index (χ0n) is 10.7. The Morgan fingerprint density at radius 1 is 1.10 bits per heavy atom. The Bertz CT molecular complexity index is 769. The molecule has 0 aliphatic carbocycles. The molecule has 5 heteroatoms. The van der Waals surface area contributed by atoms with E-state index < -0.39 is 0 Å². The second kappa shape index (κ2) is 4.82. The summed E-state index contributed by atoms with van der Waals surface area (Å²) in [4.78, 5) is 9.30. The van der Waals surface area contributed by atoms with E-state index in [2.05, 4.69) is 61.4 Å². The van der Waals surface area contributed by atoms with Crippen LogP contribution in [0.25, 0.3) is 11.2 Å². The normalized spacial score (nSPS) is 18.1. The smallest absolute Gasteiger partial charge is 0.161 e.